The monoisotopic (exact) mass is 522 g/mol. The van der Waals surface area contributed by atoms with E-state index in [-0.39, 0.29) is 5.41 Å². The molecule has 0 amide bonds. The van der Waals surface area contributed by atoms with Gasteiger partial charge in [-0.1, -0.05) is 42.5 Å². The van der Waals surface area contributed by atoms with Gasteiger partial charge in [0.25, 0.3) is 0 Å². The third kappa shape index (κ3) is 4.06. The highest BCUT2D eigenvalue weighted by molar-refractivity contribution is 6.01. The summed E-state index contributed by atoms with van der Waals surface area (Å²) in [5.74, 6) is 3.04. The lowest BCUT2D eigenvalue weighted by atomic mass is 9.77. The van der Waals surface area contributed by atoms with Crippen LogP contribution in [0.15, 0.2) is 83.9 Å². The lowest BCUT2D eigenvalue weighted by molar-refractivity contribution is 0.0768. The molecule has 1 spiro atoms. The molecule has 0 bridgehead atoms. The van der Waals surface area contributed by atoms with E-state index in [1.165, 1.54) is 11.3 Å². The topological polar surface area (TPSA) is 52.5 Å². The van der Waals surface area contributed by atoms with E-state index in [2.05, 4.69) is 49.1 Å². The highest BCUT2D eigenvalue weighted by Gasteiger charge is 2.59. The molecule has 0 aromatic heterocycles. The number of hydrogen-bond acceptors (Lipinski definition) is 6. The van der Waals surface area contributed by atoms with Crippen LogP contribution in [0, 0.1) is 0 Å². The summed E-state index contributed by atoms with van der Waals surface area (Å²) in [4.78, 5) is 7.45. The fraction of sp³-hybridized carbons (Fsp3) is 0.303. The number of benzene rings is 4. The molecule has 2 aliphatic rings. The molecule has 0 saturated heterocycles. The Morgan fingerprint density at radius 2 is 1.69 bits per heavy atom. The van der Waals surface area contributed by atoms with Gasteiger partial charge in [-0.3, -0.25) is 4.99 Å². The summed E-state index contributed by atoms with van der Waals surface area (Å²) < 4.78 is 24.5. The zero-order valence-corrected chi connectivity index (χ0v) is 22.9. The van der Waals surface area contributed by atoms with Gasteiger partial charge in [-0.05, 0) is 74.5 Å². The summed E-state index contributed by atoms with van der Waals surface area (Å²) in [6, 6.07) is 26.6. The molecule has 1 unspecified atom stereocenters. The molecule has 6 heteroatoms. The lowest BCUT2D eigenvalue weighted by Crippen LogP contribution is -2.62. The van der Waals surface area contributed by atoms with E-state index in [4.69, 9.17) is 23.9 Å². The Morgan fingerprint density at radius 1 is 0.897 bits per heavy atom. The number of rotatable bonds is 8. The Balaban J connectivity index is 1.36. The third-order valence-corrected chi connectivity index (χ3v) is 7.88. The summed E-state index contributed by atoms with van der Waals surface area (Å²) in [7, 11) is 1.66. The van der Waals surface area contributed by atoms with E-state index in [0.717, 1.165) is 46.7 Å². The molecule has 2 heterocycles. The Kier molecular flexibility index (Phi) is 6.34. The van der Waals surface area contributed by atoms with Crippen molar-refractivity contribution in [1.29, 1.82) is 0 Å². The maximum absolute atomic E-state index is 7.03. The largest absolute Gasteiger partial charge is 0.494 e. The number of methoxy groups -OCH3 is 1. The van der Waals surface area contributed by atoms with Crippen LogP contribution in [0.3, 0.4) is 0 Å². The number of nitrogens with zero attached hydrogens (tertiary/aromatic N) is 2. The molecule has 39 heavy (non-hydrogen) atoms. The van der Waals surface area contributed by atoms with Gasteiger partial charge in [-0.25, -0.2) is 0 Å². The van der Waals surface area contributed by atoms with Crippen LogP contribution < -0.4 is 23.8 Å². The first-order valence-electron chi connectivity index (χ1n) is 13.6. The number of hydrogen-bond donors (Lipinski definition) is 0. The van der Waals surface area contributed by atoms with Crippen molar-refractivity contribution in [3.8, 4) is 23.0 Å². The van der Waals surface area contributed by atoms with Crippen molar-refractivity contribution in [3.05, 3.63) is 84.4 Å². The fourth-order valence-corrected chi connectivity index (χ4v) is 5.86. The number of fused-ring (bicyclic) bond motifs is 4. The molecule has 200 valence electrons. The molecule has 0 N–H and O–H groups in total. The van der Waals surface area contributed by atoms with Crippen molar-refractivity contribution in [1.82, 2.24) is 0 Å². The Morgan fingerprint density at radius 3 is 2.49 bits per heavy atom. The molecule has 4 aromatic carbocycles. The average molecular weight is 523 g/mol. The first kappa shape index (κ1) is 25.1. The second kappa shape index (κ2) is 9.84. The van der Waals surface area contributed by atoms with E-state index < -0.39 is 5.72 Å². The van der Waals surface area contributed by atoms with Gasteiger partial charge < -0.3 is 23.8 Å². The maximum Gasteiger partial charge on any atom is 0.228 e. The van der Waals surface area contributed by atoms with E-state index in [9.17, 15) is 0 Å². The zero-order chi connectivity index (χ0) is 27.0. The summed E-state index contributed by atoms with van der Waals surface area (Å²) in [5, 5.41) is 1.99. The van der Waals surface area contributed by atoms with Crippen LogP contribution in [0.25, 0.3) is 10.8 Å². The van der Waals surface area contributed by atoms with Crippen LogP contribution in [-0.2, 0) is 5.41 Å². The van der Waals surface area contributed by atoms with Crippen LogP contribution in [-0.4, -0.2) is 38.8 Å². The summed E-state index contributed by atoms with van der Waals surface area (Å²) in [6.45, 7) is 8.38. The molecule has 4 aromatic rings. The molecule has 0 saturated carbocycles. The molecule has 0 radical (unpaired) electrons. The summed E-state index contributed by atoms with van der Waals surface area (Å²) in [6.07, 6.45) is 2.83. The molecule has 0 aliphatic carbocycles. The Hall–Kier alpha value is -4.19. The van der Waals surface area contributed by atoms with Gasteiger partial charge in [0.05, 0.1) is 32.0 Å². The number of ether oxygens (including phenoxy) is 4. The lowest BCUT2D eigenvalue weighted by Gasteiger charge is -2.46. The molecular formula is C33H34N2O4. The van der Waals surface area contributed by atoms with Crippen molar-refractivity contribution in [3.63, 3.8) is 0 Å². The number of aliphatic imine (C=N–C) groups is 1. The van der Waals surface area contributed by atoms with Crippen LogP contribution in [0.1, 0.15) is 32.8 Å². The predicted octanol–water partition coefficient (Wildman–Crippen LogP) is 7.31. The standard InChI is InChI=1S/C33H34N2O4/c1-5-37-30-20-23-16-17-28-31(25(23)21-29(30)36-4)34-22-33(39-28)32(2,3)26-14-9-10-15-27(26)35(33)18-11-19-38-24-12-7-6-8-13-24/h6-10,12-17,20-22H,5,11,18-19H2,1-4H3. The first-order valence-corrected chi connectivity index (χ1v) is 13.6. The Bertz CT molecular complexity index is 1530. The van der Waals surface area contributed by atoms with Gasteiger partial charge in [-0.15, -0.1) is 0 Å². The number of anilines is 1. The van der Waals surface area contributed by atoms with E-state index in [1.54, 1.807) is 7.11 Å². The molecule has 1 atom stereocenters. The fourth-order valence-electron chi connectivity index (χ4n) is 5.86. The van der Waals surface area contributed by atoms with Gasteiger partial charge >= 0.3 is 0 Å². The van der Waals surface area contributed by atoms with Gasteiger partial charge in [0, 0.05) is 17.6 Å². The normalized spacial score (nSPS) is 18.5. The van der Waals surface area contributed by atoms with Crippen LogP contribution in [0.2, 0.25) is 0 Å². The maximum atomic E-state index is 7.03. The van der Waals surface area contributed by atoms with Gasteiger partial charge in [-0.2, -0.15) is 0 Å². The summed E-state index contributed by atoms with van der Waals surface area (Å²) in [5.41, 5.74) is 2.09. The Labute approximate surface area is 229 Å². The minimum Gasteiger partial charge on any atom is -0.494 e. The van der Waals surface area contributed by atoms with Crippen LogP contribution in [0.4, 0.5) is 11.4 Å². The second-order valence-corrected chi connectivity index (χ2v) is 10.4. The van der Waals surface area contributed by atoms with Gasteiger partial charge in [0.1, 0.15) is 17.2 Å². The molecular weight excluding hydrogens is 488 g/mol. The van der Waals surface area contributed by atoms with Crippen molar-refractivity contribution >= 4 is 28.4 Å². The van der Waals surface area contributed by atoms with E-state index >= 15 is 0 Å². The van der Waals surface area contributed by atoms with Crippen LogP contribution in [0.5, 0.6) is 23.0 Å². The van der Waals surface area contributed by atoms with Crippen molar-refractivity contribution in [2.75, 3.05) is 31.8 Å². The SMILES string of the molecule is CCOc1cc2ccc3c(c2cc1OC)N=CC1(O3)N(CCCOc2ccccc2)c2ccccc2C1(C)C. The molecule has 6 rings (SSSR count). The van der Waals surface area contributed by atoms with Crippen molar-refractivity contribution < 1.29 is 18.9 Å². The first-order chi connectivity index (χ1) is 19.0. The minimum absolute atomic E-state index is 0.351. The van der Waals surface area contributed by atoms with E-state index in [1.807, 2.05) is 61.7 Å². The zero-order valence-electron chi connectivity index (χ0n) is 22.9. The quantitative estimate of drug-likeness (QED) is 0.227. The van der Waals surface area contributed by atoms with Gasteiger partial charge in [0.15, 0.2) is 11.5 Å². The van der Waals surface area contributed by atoms with Crippen molar-refractivity contribution in [2.45, 2.75) is 38.3 Å². The summed E-state index contributed by atoms with van der Waals surface area (Å²) >= 11 is 0. The second-order valence-electron chi connectivity index (χ2n) is 10.4. The van der Waals surface area contributed by atoms with Gasteiger partial charge in [0.2, 0.25) is 5.72 Å². The van der Waals surface area contributed by atoms with Crippen LogP contribution >= 0.6 is 0 Å². The highest BCUT2D eigenvalue weighted by atomic mass is 16.5. The van der Waals surface area contributed by atoms with E-state index in [0.29, 0.717) is 19.0 Å². The third-order valence-electron chi connectivity index (χ3n) is 7.88. The predicted molar refractivity (Wildman–Crippen MR) is 157 cm³/mol. The van der Waals surface area contributed by atoms with Crippen molar-refractivity contribution in [2.24, 2.45) is 4.99 Å². The number of para-hydroxylation sites is 2. The molecule has 6 nitrogen and oxygen atoms in total. The minimum atomic E-state index is -0.778. The smallest absolute Gasteiger partial charge is 0.228 e. The molecule has 0 fully saturated rings. The average Bonchev–Trinajstić information content (AvgIpc) is 3.13. The molecule has 2 aliphatic heterocycles. The highest BCUT2D eigenvalue weighted by Crippen LogP contribution is 2.55.